The fourth-order valence-corrected chi connectivity index (χ4v) is 3.99. The predicted octanol–water partition coefficient (Wildman–Crippen LogP) is 5.15. The number of nitrogens with zero attached hydrogens (tertiary/aromatic N) is 3. The zero-order chi connectivity index (χ0) is 23.7. The first-order valence-corrected chi connectivity index (χ1v) is 11.0. The maximum atomic E-state index is 13.0. The summed E-state index contributed by atoms with van der Waals surface area (Å²) < 4.78 is 11.1. The molecular weight excluding hydrogens is 460 g/mol. The maximum Gasteiger partial charge on any atom is 0.293 e. The minimum absolute atomic E-state index is 0.138. The van der Waals surface area contributed by atoms with Crippen LogP contribution in [0, 0.1) is 10.1 Å². The van der Waals surface area contributed by atoms with Crippen LogP contribution in [-0.4, -0.2) is 42.1 Å². The zero-order valence-electron chi connectivity index (χ0n) is 17.9. The number of hydrogen-bond acceptors (Lipinski definition) is 7. The number of anilines is 2. The van der Waals surface area contributed by atoms with Gasteiger partial charge < -0.3 is 19.4 Å². The first-order chi connectivity index (χ1) is 16.5. The number of para-hydroxylation sites is 2. The van der Waals surface area contributed by atoms with Gasteiger partial charge in [-0.05, 0) is 42.5 Å². The van der Waals surface area contributed by atoms with E-state index in [9.17, 15) is 14.9 Å². The van der Waals surface area contributed by atoms with Crippen LogP contribution in [0.4, 0.5) is 17.1 Å². The Morgan fingerprint density at radius 3 is 2.65 bits per heavy atom. The molecule has 34 heavy (non-hydrogen) atoms. The third-order valence-corrected chi connectivity index (χ3v) is 5.87. The highest BCUT2D eigenvalue weighted by atomic mass is 35.5. The summed E-state index contributed by atoms with van der Waals surface area (Å²) >= 11 is 6.31. The first-order valence-electron chi connectivity index (χ1n) is 10.6. The number of morpholine rings is 1. The molecule has 1 aromatic heterocycles. The summed E-state index contributed by atoms with van der Waals surface area (Å²) in [4.78, 5) is 30.5. The van der Waals surface area contributed by atoms with Gasteiger partial charge in [-0.25, -0.2) is 4.98 Å². The number of carbonyl (C=O) groups excluding carboxylic acids is 1. The number of oxazole rings is 1. The van der Waals surface area contributed by atoms with Gasteiger partial charge in [0.15, 0.2) is 5.58 Å². The lowest BCUT2D eigenvalue weighted by Gasteiger charge is -2.28. The Labute approximate surface area is 199 Å². The first kappa shape index (κ1) is 21.9. The molecule has 1 fully saturated rings. The minimum atomic E-state index is -0.520. The van der Waals surface area contributed by atoms with Gasteiger partial charge in [-0.3, -0.25) is 14.9 Å². The van der Waals surface area contributed by atoms with Crippen molar-refractivity contribution in [3.05, 3.63) is 81.4 Å². The van der Waals surface area contributed by atoms with Crippen molar-refractivity contribution in [1.29, 1.82) is 0 Å². The molecule has 0 radical (unpaired) electrons. The lowest BCUT2D eigenvalue weighted by Crippen LogP contribution is -2.36. The van der Waals surface area contributed by atoms with Crippen LogP contribution in [0.25, 0.3) is 22.6 Å². The van der Waals surface area contributed by atoms with Gasteiger partial charge in [0.2, 0.25) is 5.89 Å². The van der Waals surface area contributed by atoms with Crippen molar-refractivity contribution in [2.45, 2.75) is 0 Å². The topological polar surface area (TPSA) is 111 Å². The van der Waals surface area contributed by atoms with E-state index >= 15 is 0 Å². The SMILES string of the molecule is O=C(Nc1cc(-c2nc3ccccc3o2)ccc1Cl)c1ccc(N2CCOCC2)c([N+](=O)[O-])c1. The van der Waals surface area contributed by atoms with Crippen molar-refractivity contribution in [1.82, 2.24) is 4.98 Å². The number of nitro benzene ring substituents is 1. The largest absolute Gasteiger partial charge is 0.436 e. The molecule has 2 heterocycles. The van der Waals surface area contributed by atoms with Crippen LogP contribution in [-0.2, 0) is 4.74 Å². The number of nitrogens with one attached hydrogen (secondary N) is 1. The normalized spacial score (nSPS) is 13.7. The molecule has 1 saturated heterocycles. The number of carbonyl (C=O) groups is 1. The molecule has 1 amide bonds. The summed E-state index contributed by atoms with van der Waals surface area (Å²) in [6.45, 7) is 2.08. The van der Waals surface area contributed by atoms with E-state index in [1.807, 2.05) is 29.2 Å². The second kappa shape index (κ2) is 9.12. The molecule has 4 aromatic rings. The molecule has 0 bridgehead atoms. The summed E-state index contributed by atoms with van der Waals surface area (Å²) in [6, 6.07) is 16.8. The summed E-state index contributed by atoms with van der Waals surface area (Å²) in [5, 5.41) is 14.8. The average molecular weight is 479 g/mol. The van der Waals surface area contributed by atoms with E-state index in [0.29, 0.717) is 65.3 Å². The third kappa shape index (κ3) is 4.30. The number of benzene rings is 3. The molecule has 3 aromatic carbocycles. The van der Waals surface area contributed by atoms with Gasteiger partial charge in [-0.15, -0.1) is 0 Å². The average Bonchev–Trinajstić information content (AvgIpc) is 3.30. The van der Waals surface area contributed by atoms with E-state index in [-0.39, 0.29) is 11.3 Å². The van der Waals surface area contributed by atoms with Crippen molar-refractivity contribution in [2.75, 3.05) is 36.5 Å². The lowest BCUT2D eigenvalue weighted by molar-refractivity contribution is -0.384. The highest BCUT2D eigenvalue weighted by Gasteiger charge is 2.24. The van der Waals surface area contributed by atoms with Crippen LogP contribution in [0.2, 0.25) is 5.02 Å². The number of halogens is 1. The standard InChI is InChI=1S/C24H19ClN4O5/c25-17-7-5-16(24-27-18-3-1-2-4-22(18)34-24)13-19(17)26-23(30)15-6-8-20(21(14-15)29(31)32)28-9-11-33-12-10-28/h1-8,13-14H,9-12H2,(H,26,30). The van der Waals surface area contributed by atoms with Crippen molar-refractivity contribution >= 4 is 45.7 Å². The summed E-state index contributed by atoms with van der Waals surface area (Å²) in [5.74, 6) is -0.132. The number of aromatic nitrogens is 1. The monoisotopic (exact) mass is 478 g/mol. The van der Waals surface area contributed by atoms with E-state index < -0.39 is 10.8 Å². The van der Waals surface area contributed by atoms with E-state index in [1.165, 1.54) is 6.07 Å². The Bertz CT molecular complexity index is 1360. The lowest BCUT2D eigenvalue weighted by atomic mass is 10.1. The number of ether oxygens (including phenoxy) is 1. The van der Waals surface area contributed by atoms with Crippen LogP contribution in [0.5, 0.6) is 0 Å². The second-order valence-corrected chi connectivity index (χ2v) is 8.10. The summed E-state index contributed by atoms with van der Waals surface area (Å²) in [5.41, 5.74) is 2.79. The van der Waals surface area contributed by atoms with Crippen molar-refractivity contribution in [3.63, 3.8) is 0 Å². The summed E-state index contributed by atoms with van der Waals surface area (Å²) in [7, 11) is 0. The molecule has 0 aliphatic carbocycles. The van der Waals surface area contributed by atoms with E-state index in [4.69, 9.17) is 20.8 Å². The van der Waals surface area contributed by atoms with Crippen LogP contribution in [0.3, 0.4) is 0 Å². The molecular formula is C24H19ClN4O5. The van der Waals surface area contributed by atoms with Crippen molar-refractivity contribution in [2.24, 2.45) is 0 Å². The number of hydrogen-bond donors (Lipinski definition) is 1. The Balaban J connectivity index is 1.42. The zero-order valence-corrected chi connectivity index (χ0v) is 18.6. The van der Waals surface area contributed by atoms with E-state index in [2.05, 4.69) is 10.3 Å². The molecule has 1 aliphatic heterocycles. The molecule has 0 atom stereocenters. The fraction of sp³-hybridized carbons (Fsp3) is 0.167. The third-order valence-electron chi connectivity index (χ3n) is 5.54. The Kier molecular flexibility index (Phi) is 5.87. The van der Waals surface area contributed by atoms with Gasteiger partial charge in [0.05, 0.1) is 28.8 Å². The molecule has 9 nitrogen and oxygen atoms in total. The molecule has 1 N–H and O–H groups in total. The van der Waals surface area contributed by atoms with Crippen molar-refractivity contribution in [3.8, 4) is 11.5 Å². The Morgan fingerprint density at radius 1 is 1.09 bits per heavy atom. The van der Waals surface area contributed by atoms with Crippen molar-refractivity contribution < 1.29 is 18.9 Å². The second-order valence-electron chi connectivity index (χ2n) is 7.70. The number of fused-ring (bicyclic) bond motifs is 1. The molecule has 1 aliphatic rings. The quantitative estimate of drug-likeness (QED) is 0.312. The minimum Gasteiger partial charge on any atom is -0.436 e. The van der Waals surface area contributed by atoms with Gasteiger partial charge >= 0.3 is 0 Å². The Hall–Kier alpha value is -3.95. The highest BCUT2D eigenvalue weighted by molar-refractivity contribution is 6.34. The molecule has 0 saturated carbocycles. The number of amides is 1. The van der Waals surface area contributed by atoms with Crippen LogP contribution < -0.4 is 10.2 Å². The van der Waals surface area contributed by atoms with Crippen LogP contribution in [0.1, 0.15) is 10.4 Å². The molecule has 0 unspecified atom stereocenters. The number of rotatable bonds is 5. The molecule has 5 rings (SSSR count). The van der Waals surface area contributed by atoms with Gasteiger partial charge in [0.25, 0.3) is 11.6 Å². The van der Waals surface area contributed by atoms with Crippen LogP contribution in [0.15, 0.2) is 65.1 Å². The summed E-state index contributed by atoms with van der Waals surface area (Å²) in [6.07, 6.45) is 0. The fourth-order valence-electron chi connectivity index (χ4n) is 3.83. The Morgan fingerprint density at radius 2 is 1.88 bits per heavy atom. The van der Waals surface area contributed by atoms with E-state index in [0.717, 1.165) is 0 Å². The van der Waals surface area contributed by atoms with Gasteiger partial charge in [0, 0.05) is 30.3 Å². The smallest absolute Gasteiger partial charge is 0.293 e. The van der Waals surface area contributed by atoms with Gasteiger partial charge in [-0.2, -0.15) is 0 Å². The predicted molar refractivity (Wildman–Crippen MR) is 129 cm³/mol. The maximum absolute atomic E-state index is 13.0. The van der Waals surface area contributed by atoms with Gasteiger partial charge in [-0.1, -0.05) is 23.7 Å². The van der Waals surface area contributed by atoms with E-state index in [1.54, 1.807) is 30.3 Å². The highest BCUT2D eigenvalue weighted by Crippen LogP contribution is 2.33. The molecule has 10 heteroatoms. The molecule has 172 valence electrons. The molecule has 0 spiro atoms. The van der Waals surface area contributed by atoms with Crippen LogP contribution >= 0.6 is 11.6 Å². The number of nitro groups is 1. The van der Waals surface area contributed by atoms with Gasteiger partial charge in [0.1, 0.15) is 11.2 Å².